The minimum absolute atomic E-state index is 0.0150. The number of ether oxygens (including phenoxy) is 1. The molecule has 0 bridgehead atoms. The second-order valence-electron chi connectivity index (χ2n) is 8.95. The molecule has 0 radical (unpaired) electrons. The summed E-state index contributed by atoms with van der Waals surface area (Å²) in [6.07, 6.45) is 15.8. The largest absolute Gasteiger partial charge is 0.386 e. The first-order valence-corrected chi connectivity index (χ1v) is 13.4. The normalized spacial score (nSPS) is 21.9. The summed E-state index contributed by atoms with van der Waals surface area (Å²) >= 11 is 12.5. The summed E-state index contributed by atoms with van der Waals surface area (Å²) in [6.45, 7) is 11.9. The molecule has 0 aliphatic carbocycles. The number of allylic oxidation sites excluding steroid dienone is 7. The van der Waals surface area contributed by atoms with Crippen molar-refractivity contribution in [1.82, 2.24) is 4.90 Å². The molecule has 2 rings (SSSR count). The van der Waals surface area contributed by atoms with E-state index in [-0.39, 0.29) is 19.1 Å². The summed E-state index contributed by atoms with van der Waals surface area (Å²) < 4.78 is 37.7. The van der Waals surface area contributed by atoms with Gasteiger partial charge in [0.15, 0.2) is 0 Å². The highest BCUT2D eigenvalue weighted by Crippen LogP contribution is 2.30. The summed E-state index contributed by atoms with van der Waals surface area (Å²) in [6, 6.07) is 5.62. The van der Waals surface area contributed by atoms with E-state index in [4.69, 9.17) is 27.9 Å². The lowest BCUT2D eigenvalue weighted by atomic mass is 10.0. The molecule has 2 unspecified atom stereocenters. The number of nitrogens with zero attached hydrogens (tertiary/aromatic N) is 1. The van der Waals surface area contributed by atoms with Gasteiger partial charge in [0.1, 0.15) is 6.10 Å². The van der Waals surface area contributed by atoms with Crippen molar-refractivity contribution >= 4 is 23.2 Å². The third-order valence-corrected chi connectivity index (χ3v) is 6.05. The van der Waals surface area contributed by atoms with E-state index in [0.29, 0.717) is 10.0 Å². The zero-order valence-electron chi connectivity index (χ0n) is 22.5. The van der Waals surface area contributed by atoms with Crippen molar-refractivity contribution in [2.45, 2.75) is 72.3 Å². The van der Waals surface area contributed by atoms with E-state index in [1.54, 1.807) is 6.07 Å². The first-order chi connectivity index (χ1) is 17.5. The molecule has 1 aromatic carbocycles. The second-order valence-corrected chi connectivity index (χ2v) is 9.83. The first-order valence-electron chi connectivity index (χ1n) is 12.7. The van der Waals surface area contributed by atoms with Crippen LogP contribution in [0.2, 0.25) is 10.0 Å². The highest BCUT2D eigenvalue weighted by atomic mass is 35.5. The summed E-state index contributed by atoms with van der Waals surface area (Å²) in [5.41, 5.74) is 3.58. The second kappa shape index (κ2) is 17.7. The smallest absolute Gasteiger partial charge is 0.362 e. The minimum Gasteiger partial charge on any atom is -0.362 e. The zero-order chi connectivity index (χ0) is 27.8. The molecule has 0 amide bonds. The topological polar surface area (TPSA) is 12.5 Å². The lowest BCUT2D eigenvalue weighted by Gasteiger charge is -2.28. The van der Waals surface area contributed by atoms with E-state index in [1.807, 2.05) is 24.3 Å². The molecule has 1 heterocycles. The molecule has 2 atom stereocenters. The van der Waals surface area contributed by atoms with Crippen LogP contribution in [0.4, 0.5) is 13.2 Å². The monoisotopic (exact) mass is 557 g/mol. The average Bonchev–Trinajstić information content (AvgIpc) is 2.89. The predicted molar refractivity (Wildman–Crippen MR) is 152 cm³/mol. The maximum absolute atomic E-state index is 10.4. The van der Waals surface area contributed by atoms with Crippen molar-refractivity contribution in [2.75, 3.05) is 19.6 Å². The number of benzene rings is 1. The fourth-order valence-corrected chi connectivity index (χ4v) is 4.42. The maximum Gasteiger partial charge on any atom is 0.386 e. The van der Waals surface area contributed by atoms with Gasteiger partial charge in [0, 0.05) is 30.1 Å². The van der Waals surface area contributed by atoms with Gasteiger partial charge in [-0.15, -0.1) is 0 Å². The van der Waals surface area contributed by atoms with E-state index in [9.17, 15) is 13.2 Å². The predicted octanol–water partition coefficient (Wildman–Crippen LogP) is 10.1. The van der Waals surface area contributed by atoms with Gasteiger partial charge >= 0.3 is 6.18 Å². The van der Waals surface area contributed by atoms with E-state index in [2.05, 4.69) is 69.1 Å². The van der Waals surface area contributed by atoms with E-state index >= 15 is 0 Å². The first kappa shape index (κ1) is 33.2. The number of alkyl halides is 3. The van der Waals surface area contributed by atoms with Crippen LogP contribution in [-0.2, 0) is 4.74 Å². The van der Waals surface area contributed by atoms with Crippen molar-refractivity contribution in [3.05, 3.63) is 93.6 Å². The van der Waals surface area contributed by atoms with E-state index in [0.717, 1.165) is 44.5 Å². The van der Waals surface area contributed by atoms with Crippen LogP contribution >= 0.6 is 23.2 Å². The summed E-state index contributed by atoms with van der Waals surface area (Å²) in [7, 11) is 0. The van der Waals surface area contributed by atoms with Crippen LogP contribution in [0.1, 0.15) is 65.5 Å². The molecule has 1 aromatic rings. The third-order valence-electron chi connectivity index (χ3n) is 5.61. The molecule has 7 heteroatoms. The quantitative estimate of drug-likeness (QED) is 0.265. The van der Waals surface area contributed by atoms with Crippen LogP contribution in [-0.4, -0.2) is 36.8 Å². The Hall–Kier alpha value is -1.79. The number of rotatable bonds is 10. The molecule has 2 nitrogen and oxygen atoms in total. The van der Waals surface area contributed by atoms with Crippen molar-refractivity contribution in [3.8, 4) is 0 Å². The van der Waals surface area contributed by atoms with Crippen LogP contribution in [0.3, 0.4) is 0 Å². The molecule has 1 aliphatic heterocycles. The van der Waals surface area contributed by atoms with Gasteiger partial charge in [-0.05, 0) is 75.9 Å². The Morgan fingerprint density at radius 2 is 1.68 bits per heavy atom. The number of hydrogen-bond donors (Lipinski definition) is 0. The lowest BCUT2D eigenvalue weighted by Crippen LogP contribution is -2.31. The number of halogens is 5. The fraction of sp³-hybridized carbons (Fsp3) is 0.467. The minimum atomic E-state index is -4.00. The van der Waals surface area contributed by atoms with Crippen LogP contribution in [0.25, 0.3) is 0 Å². The Balaban J connectivity index is 0.00000124. The van der Waals surface area contributed by atoms with Crippen LogP contribution in [0.15, 0.2) is 78.0 Å². The highest BCUT2D eigenvalue weighted by Gasteiger charge is 2.20. The molecule has 0 N–H and O–H groups in total. The van der Waals surface area contributed by atoms with E-state index in [1.165, 1.54) is 11.1 Å². The van der Waals surface area contributed by atoms with Gasteiger partial charge in [0.2, 0.25) is 0 Å². The van der Waals surface area contributed by atoms with Crippen molar-refractivity contribution in [2.24, 2.45) is 0 Å². The van der Waals surface area contributed by atoms with Crippen LogP contribution < -0.4 is 0 Å². The van der Waals surface area contributed by atoms with Gasteiger partial charge in [0.25, 0.3) is 0 Å². The average molecular weight is 559 g/mol. The SMILES string of the molecule is C/C=C\C(=C/C)CCN(CCC)CCC1OC(c2cc(Cl)cc(Cl)c2)/C=C/C=C\C=C\1C.CC(F)(F)F. The van der Waals surface area contributed by atoms with Crippen LogP contribution in [0, 0.1) is 0 Å². The fourth-order valence-electron chi connectivity index (χ4n) is 3.88. The maximum atomic E-state index is 10.4. The summed E-state index contributed by atoms with van der Waals surface area (Å²) in [5, 5.41) is 1.25. The molecular formula is C30H40Cl2F3NO. The Labute approximate surface area is 231 Å². The van der Waals surface area contributed by atoms with Gasteiger partial charge in [-0.1, -0.05) is 84.3 Å². The lowest BCUT2D eigenvalue weighted by molar-refractivity contribution is -0.110. The molecule has 0 saturated carbocycles. The van der Waals surface area contributed by atoms with Gasteiger partial charge in [0.05, 0.1) is 6.10 Å². The van der Waals surface area contributed by atoms with Crippen molar-refractivity contribution in [3.63, 3.8) is 0 Å². The van der Waals surface area contributed by atoms with E-state index < -0.39 is 6.18 Å². The van der Waals surface area contributed by atoms with Crippen LogP contribution in [0.5, 0.6) is 0 Å². The third kappa shape index (κ3) is 15.3. The molecule has 0 aromatic heterocycles. The Morgan fingerprint density at radius 3 is 2.24 bits per heavy atom. The zero-order valence-corrected chi connectivity index (χ0v) is 24.0. The number of hydrogen-bond acceptors (Lipinski definition) is 2. The molecule has 0 spiro atoms. The van der Waals surface area contributed by atoms with Gasteiger partial charge in [-0.25, -0.2) is 0 Å². The molecule has 0 fully saturated rings. The Kier molecular flexibility index (Phi) is 15.9. The van der Waals surface area contributed by atoms with Gasteiger partial charge in [-0.3, -0.25) is 0 Å². The van der Waals surface area contributed by atoms with Gasteiger partial charge < -0.3 is 9.64 Å². The highest BCUT2D eigenvalue weighted by molar-refractivity contribution is 6.34. The molecule has 1 aliphatic rings. The summed E-state index contributed by atoms with van der Waals surface area (Å²) in [4.78, 5) is 2.55. The Morgan fingerprint density at radius 1 is 1.03 bits per heavy atom. The summed E-state index contributed by atoms with van der Waals surface area (Å²) in [5.74, 6) is 0. The Bertz CT molecular complexity index is 938. The van der Waals surface area contributed by atoms with Crippen molar-refractivity contribution < 1.29 is 17.9 Å². The molecule has 0 saturated heterocycles. The standard InChI is InChI=1S/C28H37Cl2NO.C2H3F3/c1-5-11-23(7-3)14-17-31(16-6-2)18-15-27-22(4)12-9-8-10-13-28(32-27)24-19-25(29)21-26(30)20-24;1-2(3,4)5/h5,7-13,19-21,27-28H,6,14-18H2,1-4H3;1H3/b9-8-,11-5-,13-10+,22-12+,23-7+;. The molecule has 206 valence electrons. The molecule has 37 heavy (non-hydrogen) atoms. The molecular weight excluding hydrogens is 518 g/mol. The van der Waals surface area contributed by atoms with Gasteiger partial charge in [-0.2, -0.15) is 13.2 Å². The van der Waals surface area contributed by atoms with Crippen molar-refractivity contribution in [1.29, 1.82) is 0 Å².